The molecule has 0 heterocycles. The van der Waals surface area contributed by atoms with E-state index in [0.717, 1.165) is 38.5 Å². The van der Waals surface area contributed by atoms with Gasteiger partial charge in [0.05, 0.1) is 19.8 Å². The van der Waals surface area contributed by atoms with Gasteiger partial charge in [-0.25, -0.2) is 0 Å². The van der Waals surface area contributed by atoms with Gasteiger partial charge in [-0.3, -0.25) is 13.7 Å². The van der Waals surface area contributed by atoms with Crippen molar-refractivity contribution in [1.82, 2.24) is 0 Å². The number of unbranched alkanes of at least 4 members (excludes halogenated alkanes) is 9. The third kappa shape index (κ3) is 53.8. The maximum Gasteiger partial charge on any atom is 0.316 e. The third-order valence-corrected chi connectivity index (χ3v) is 5.02. The van der Waals surface area contributed by atoms with Crippen molar-refractivity contribution < 1.29 is 58.7 Å². The molecule has 0 aliphatic rings. The van der Waals surface area contributed by atoms with Crippen molar-refractivity contribution in [2.75, 3.05) is 19.8 Å². The molecule has 0 rings (SSSR count). The molecule has 0 aromatic rings. The quantitative estimate of drug-likeness (QED) is 0.139. The molecule has 0 saturated carbocycles. The summed E-state index contributed by atoms with van der Waals surface area (Å²) in [7, 11) is -8.02. The minimum atomic E-state index is -2.67. The molecule has 0 saturated heterocycles. The average molecular weight is 557 g/mol. The second kappa shape index (κ2) is 35.5. The molecular formula is C18H45CoO9P3. The minimum absolute atomic E-state index is 0. The van der Waals surface area contributed by atoms with Crippen molar-refractivity contribution >= 4 is 24.8 Å². The largest absolute Gasteiger partial charge is 0.326 e. The van der Waals surface area contributed by atoms with Crippen LogP contribution in [-0.2, 0) is 44.0 Å². The van der Waals surface area contributed by atoms with Crippen LogP contribution >= 0.6 is 24.8 Å². The van der Waals surface area contributed by atoms with Gasteiger partial charge < -0.3 is 28.3 Å². The van der Waals surface area contributed by atoms with Gasteiger partial charge in [-0.2, -0.15) is 0 Å². The van der Waals surface area contributed by atoms with Crippen LogP contribution in [0.5, 0.6) is 0 Å². The van der Waals surface area contributed by atoms with Crippen LogP contribution in [0.4, 0.5) is 0 Å². The van der Waals surface area contributed by atoms with Crippen LogP contribution in [0.1, 0.15) is 97.8 Å². The summed E-state index contributed by atoms with van der Waals surface area (Å²) in [6.07, 6.45) is 13.0. The van der Waals surface area contributed by atoms with E-state index >= 15 is 0 Å². The van der Waals surface area contributed by atoms with E-state index in [4.69, 9.17) is 14.7 Å². The zero-order valence-electron chi connectivity index (χ0n) is 19.2. The SMILES string of the molecule is CCCCCCO[PH](=O)O.CCCCCCO[PH](=O)O.CCCCCCO[PH](=O)O.[Co]. The van der Waals surface area contributed by atoms with E-state index in [1.54, 1.807) is 0 Å². The molecular weight excluding hydrogens is 512 g/mol. The van der Waals surface area contributed by atoms with Crippen LogP contribution in [0, 0.1) is 0 Å². The van der Waals surface area contributed by atoms with E-state index in [-0.39, 0.29) is 16.8 Å². The van der Waals surface area contributed by atoms with Crippen molar-refractivity contribution in [3.8, 4) is 0 Å². The zero-order valence-corrected chi connectivity index (χ0v) is 23.3. The Bertz CT molecular complexity index is 348. The summed E-state index contributed by atoms with van der Waals surface area (Å²) in [5.41, 5.74) is 0. The molecule has 13 heteroatoms. The third-order valence-electron chi connectivity index (χ3n) is 3.67. The van der Waals surface area contributed by atoms with Crippen molar-refractivity contribution in [3.05, 3.63) is 0 Å². The van der Waals surface area contributed by atoms with Gasteiger partial charge in [-0.15, -0.1) is 0 Å². The van der Waals surface area contributed by atoms with Crippen molar-refractivity contribution in [2.24, 2.45) is 0 Å². The van der Waals surface area contributed by atoms with Crippen molar-refractivity contribution in [1.29, 1.82) is 0 Å². The minimum Gasteiger partial charge on any atom is -0.326 e. The van der Waals surface area contributed by atoms with E-state index in [9.17, 15) is 13.7 Å². The standard InChI is InChI=1S/3C6H15O3P.Co/c3*1-2-3-4-5-6-9-10(7)8;/h3*10H,2-6H2,1H3,(H,7,8);. The molecule has 0 spiro atoms. The monoisotopic (exact) mass is 557 g/mol. The molecule has 0 amide bonds. The summed E-state index contributed by atoms with van der Waals surface area (Å²) < 4.78 is 43.5. The van der Waals surface area contributed by atoms with Gasteiger partial charge in [0, 0.05) is 16.8 Å². The molecule has 31 heavy (non-hydrogen) atoms. The van der Waals surface area contributed by atoms with E-state index < -0.39 is 24.8 Å². The van der Waals surface area contributed by atoms with Gasteiger partial charge in [0.25, 0.3) is 0 Å². The summed E-state index contributed by atoms with van der Waals surface area (Å²) in [6.45, 7) is 7.64. The first-order chi connectivity index (χ1) is 14.3. The normalized spacial score (nSPS) is 13.0. The Morgan fingerprint density at radius 2 is 0.710 bits per heavy atom. The fraction of sp³-hybridized carbons (Fsp3) is 1.00. The molecule has 1 radical (unpaired) electrons. The number of hydrogen-bond acceptors (Lipinski definition) is 6. The molecule has 0 fully saturated rings. The molecule has 0 aliphatic heterocycles. The van der Waals surface area contributed by atoms with E-state index in [0.29, 0.717) is 19.8 Å². The Balaban J connectivity index is -0.000000174. The zero-order chi connectivity index (χ0) is 23.5. The molecule has 195 valence electrons. The topological polar surface area (TPSA) is 140 Å². The molecule has 0 aromatic heterocycles. The predicted molar refractivity (Wildman–Crippen MR) is 124 cm³/mol. The molecule has 0 aliphatic carbocycles. The fourth-order valence-electron chi connectivity index (χ4n) is 2.06. The molecule has 3 atom stereocenters. The Morgan fingerprint density at radius 1 is 0.484 bits per heavy atom. The fourth-order valence-corrected chi connectivity index (χ4v) is 3.02. The Hall–Kier alpha value is 0.956. The van der Waals surface area contributed by atoms with Gasteiger partial charge in [0.15, 0.2) is 0 Å². The predicted octanol–water partition coefficient (Wildman–Crippen LogP) is 5.89. The van der Waals surface area contributed by atoms with Gasteiger partial charge in [-0.05, 0) is 19.3 Å². The van der Waals surface area contributed by atoms with Crippen LogP contribution in [-0.4, -0.2) is 34.5 Å². The van der Waals surface area contributed by atoms with Crippen LogP contribution in [0.25, 0.3) is 0 Å². The van der Waals surface area contributed by atoms with Crippen molar-refractivity contribution in [2.45, 2.75) is 97.8 Å². The summed E-state index contributed by atoms with van der Waals surface area (Å²) >= 11 is 0. The van der Waals surface area contributed by atoms with Gasteiger partial charge >= 0.3 is 24.8 Å². The van der Waals surface area contributed by atoms with Crippen molar-refractivity contribution in [3.63, 3.8) is 0 Å². The van der Waals surface area contributed by atoms with Gasteiger partial charge in [-0.1, -0.05) is 78.6 Å². The van der Waals surface area contributed by atoms with E-state index in [2.05, 4.69) is 34.3 Å². The van der Waals surface area contributed by atoms with Crippen LogP contribution < -0.4 is 0 Å². The average Bonchev–Trinajstić information content (AvgIpc) is 2.68. The van der Waals surface area contributed by atoms with E-state index in [1.807, 2.05) is 0 Å². The van der Waals surface area contributed by atoms with Gasteiger partial charge in [0.1, 0.15) is 0 Å². The summed E-state index contributed by atoms with van der Waals surface area (Å²) in [6, 6.07) is 0. The second-order valence-corrected chi connectivity index (χ2v) is 8.99. The molecule has 0 bridgehead atoms. The van der Waals surface area contributed by atoms with Gasteiger partial charge in [0.2, 0.25) is 0 Å². The molecule has 3 N–H and O–H groups in total. The summed E-state index contributed by atoms with van der Waals surface area (Å²) in [5, 5.41) is 0. The molecule has 3 unspecified atom stereocenters. The van der Waals surface area contributed by atoms with Crippen LogP contribution in [0.15, 0.2) is 0 Å². The summed E-state index contributed by atoms with van der Waals surface area (Å²) in [4.78, 5) is 24.7. The van der Waals surface area contributed by atoms with Crippen LogP contribution in [0.2, 0.25) is 0 Å². The second-order valence-electron chi connectivity index (χ2n) is 6.53. The number of rotatable bonds is 18. The van der Waals surface area contributed by atoms with E-state index in [1.165, 1.54) is 38.5 Å². The maximum atomic E-state index is 9.99. The first kappa shape index (κ1) is 39.2. The molecule has 0 aromatic carbocycles. The number of hydrogen-bond donors (Lipinski definition) is 3. The summed E-state index contributed by atoms with van der Waals surface area (Å²) in [5.74, 6) is 0. The first-order valence-electron chi connectivity index (χ1n) is 10.9. The Kier molecular flexibility index (Phi) is 44.9. The Labute approximate surface area is 201 Å². The first-order valence-corrected chi connectivity index (χ1v) is 14.7. The Morgan fingerprint density at radius 3 is 0.871 bits per heavy atom. The smallest absolute Gasteiger partial charge is 0.316 e. The van der Waals surface area contributed by atoms with Crippen LogP contribution in [0.3, 0.4) is 0 Å². The molecule has 9 nitrogen and oxygen atoms in total. The maximum absolute atomic E-state index is 9.99.